The molecule has 0 saturated carbocycles. The number of nitrogens with zero attached hydrogens (tertiary/aromatic N) is 1. The summed E-state index contributed by atoms with van der Waals surface area (Å²) in [5.41, 5.74) is 1.91. The molecular formula is C13H17NO2S2. The van der Waals surface area contributed by atoms with Crippen LogP contribution in [0.15, 0.2) is 6.20 Å². The number of thioether (sulfide) groups is 2. The van der Waals surface area contributed by atoms with E-state index < -0.39 is 0 Å². The average Bonchev–Trinajstić information content (AvgIpc) is 2.41. The molecular weight excluding hydrogens is 266 g/mol. The molecule has 2 aliphatic rings. The smallest absolute Gasteiger partial charge is 0.154 e. The Kier molecular flexibility index (Phi) is 5.38. The van der Waals surface area contributed by atoms with Crippen molar-refractivity contribution in [1.82, 2.24) is 4.98 Å². The monoisotopic (exact) mass is 283 g/mol. The molecule has 0 radical (unpaired) electrons. The van der Waals surface area contributed by atoms with Gasteiger partial charge in [-0.05, 0) is 29.9 Å². The molecule has 5 heteroatoms. The lowest BCUT2D eigenvalue weighted by Gasteiger charge is -2.09. The van der Waals surface area contributed by atoms with Gasteiger partial charge in [-0.15, -0.1) is 0 Å². The molecule has 0 amide bonds. The molecule has 18 heavy (non-hydrogen) atoms. The molecule has 0 aromatic carbocycles. The second-order valence-electron chi connectivity index (χ2n) is 4.28. The van der Waals surface area contributed by atoms with Crippen molar-refractivity contribution in [3.05, 3.63) is 23.0 Å². The zero-order chi connectivity index (χ0) is 12.8. The van der Waals surface area contributed by atoms with Crippen molar-refractivity contribution in [2.45, 2.75) is 30.8 Å². The van der Waals surface area contributed by atoms with Crippen LogP contribution < -0.4 is 0 Å². The van der Waals surface area contributed by atoms with E-state index in [1.165, 1.54) is 19.3 Å². The quantitative estimate of drug-likeness (QED) is 0.802. The van der Waals surface area contributed by atoms with Crippen LogP contribution in [0.3, 0.4) is 0 Å². The first-order valence-electron chi connectivity index (χ1n) is 6.13. The third-order valence-corrected chi connectivity index (χ3v) is 5.09. The molecule has 0 saturated heterocycles. The molecule has 3 rings (SSSR count). The number of hydrogen-bond donors (Lipinski definition) is 1. The summed E-state index contributed by atoms with van der Waals surface area (Å²) >= 11 is 3.58. The van der Waals surface area contributed by atoms with Gasteiger partial charge in [0.05, 0.1) is 11.3 Å². The molecule has 0 unspecified atom stereocenters. The Balaban J connectivity index is 2.25. The molecule has 0 fully saturated rings. The first kappa shape index (κ1) is 13.7. The van der Waals surface area contributed by atoms with Crippen molar-refractivity contribution < 1.29 is 9.90 Å². The highest BCUT2D eigenvalue weighted by atomic mass is 32.2. The number of aldehydes is 1. The van der Waals surface area contributed by atoms with Gasteiger partial charge in [0.2, 0.25) is 0 Å². The molecule has 0 aliphatic carbocycles. The Morgan fingerprint density at radius 1 is 1.17 bits per heavy atom. The summed E-state index contributed by atoms with van der Waals surface area (Å²) in [4.78, 5) is 15.4. The van der Waals surface area contributed by atoms with E-state index >= 15 is 0 Å². The van der Waals surface area contributed by atoms with Gasteiger partial charge in [-0.1, -0.05) is 6.42 Å². The van der Waals surface area contributed by atoms with E-state index in [1.807, 2.05) is 0 Å². The fourth-order valence-corrected chi connectivity index (χ4v) is 3.84. The van der Waals surface area contributed by atoms with Gasteiger partial charge in [-0.2, -0.15) is 23.5 Å². The summed E-state index contributed by atoms with van der Waals surface area (Å²) in [6.07, 6.45) is 6.18. The van der Waals surface area contributed by atoms with Crippen LogP contribution in [-0.4, -0.2) is 27.9 Å². The van der Waals surface area contributed by atoms with Gasteiger partial charge in [0.1, 0.15) is 5.75 Å². The maximum Gasteiger partial charge on any atom is 0.154 e. The topological polar surface area (TPSA) is 50.2 Å². The van der Waals surface area contributed by atoms with E-state index in [1.54, 1.807) is 29.7 Å². The highest BCUT2D eigenvalue weighted by Crippen LogP contribution is 2.29. The van der Waals surface area contributed by atoms with E-state index in [9.17, 15) is 9.90 Å². The Hall–Kier alpha value is -0.680. The van der Waals surface area contributed by atoms with Crippen LogP contribution in [0.25, 0.3) is 0 Å². The summed E-state index contributed by atoms with van der Waals surface area (Å²) < 4.78 is 0. The van der Waals surface area contributed by atoms with Crippen molar-refractivity contribution >= 4 is 29.8 Å². The predicted molar refractivity (Wildman–Crippen MR) is 77.5 cm³/mol. The highest BCUT2D eigenvalue weighted by Gasteiger charge is 2.14. The fourth-order valence-electron chi connectivity index (χ4n) is 1.88. The summed E-state index contributed by atoms with van der Waals surface area (Å²) in [5, 5.41) is 10.1. The van der Waals surface area contributed by atoms with Gasteiger partial charge in [0.25, 0.3) is 0 Å². The summed E-state index contributed by atoms with van der Waals surface area (Å²) in [7, 11) is 0. The maximum atomic E-state index is 11.1. The van der Waals surface area contributed by atoms with E-state index in [-0.39, 0.29) is 5.75 Å². The molecule has 1 aromatic rings. The van der Waals surface area contributed by atoms with Gasteiger partial charge in [0, 0.05) is 17.7 Å². The SMILES string of the molecule is O=Cc1c2cnc(c1O)CSCCCCCSC2. The summed E-state index contributed by atoms with van der Waals surface area (Å²) in [6.45, 7) is 0. The number of aromatic nitrogens is 1. The largest absolute Gasteiger partial charge is 0.505 e. The van der Waals surface area contributed by atoms with Crippen LogP contribution in [0.5, 0.6) is 5.75 Å². The van der Waals surface area contributed by atoms with E-state index in [4.69, 9.17) is 0 Å². The normalized spacial score (nSPS) is 17.6. The van der Waals surface area contributed by atoms with Gasteiger partial charge in [-0.3, -0.25) is 9.78 Å². The second kappa shape index (κ2) is 7.04. The maximum absolute atomic E-state index is 11.1. The van der Waals surface area contributed by atoms with E-state index in [0.29, 0.717) is 17.0 Å². The number of aromatic hydroxyl groups is 1. The second-order valence-corrected chi connectivity index (χ2v) is 6.49. The minimum absolute atomic E-state index is 0.0786. The molecule has 1 aromatic heterocycles. The van der Waals surface area contributed by atoms with Crippen LogP contribution >= 0.6 is 23.5 Å². The van der Waals surface area contributed by atoms with Crippen molar-refractivity contribution in [2.24, 2.45) is 0 Å². The van der Waals surface area contributed by atoms with E-state index in [2.05, 4.69) is 4.98 Å². The Morgan fingerprint density at radius 2 is 1.89 bits per heavy atom. The van der Waals surface area contributed by atoms with Crippen molar-refractivity contribution in [3.8, 4) is 5.75 Å². The van der Waals surface area contributed by atoms with Crippen LogP contribution in [-0.2, 0) is 11.5 Å². The lowest BCUT2D eigenvalue weighted by molar-refractivity contribution is 0.112. The van der Waals surface area contributed by atoms with Gasteiger partial charge in [0.15, 0.2) is 6.29 Å². The molecule has 3 nitrogen and oxygen atoms in total. The Morgan fingerprint density at radius 3 is 2.61 bits per heavy atom. The van der Waals surface area contributed by atoms with Crippen LogP contribution in [0.4, 0.5) is 0 Å². The number of hydrogen-bond acceptors (Lipinski definition) is 5. The lowest BCUT2D eigenvalue weighted by Crippen LogP contribution is -1.99. The Bertz CT molecular complexity index is 424. The minimum atomic E-state index is 0.0786. The first-order valence-corrected chi connectivity index (χ1v) is 8.44. The number of pyridine rings is 1. The van der Waals surface area contributed by atoms with Crippen molar-refractivity contribution in [2.75, 3.05) is 11.5 Å². The van der Waals surface area contributed by atoms with Crippen LogP contribution in [0.2, 0.25) is 0 Å². The Labute approximate surface area is 116 Å². The average molecular weight is 283 g/mol. The lowest BCUT2D eigenvalue weighted by atomic mass is 10.1. The molecule has 1 N–H and O–H groups in total. The summed E-state index contributed by atoms with van der Waals surface area (Å²) in [6, 6.07) is 0. The summed E-state index contributed by atoms with van der Waals surface area (Å²) in [5.74, 6) is 3.70. The third-order valence-electron chi connectivity index (χ3n) is 2.94. The number of fused-ring (bicyclic) bond motifs is 10. The highest BCUT2D eigenvalue weighted by molar-refractivity contribution is 7.98. The number of carbonyl (C=O) groups is 1. The molecule has 0 spiro atoms. The molecule has 3 heterocycles. The number of carbonyl (C=O) groups excluding carboxylic acids is 1. The zero-order valence-corrected chi connectivity index (χ0v) is 11.9. The van der Waals surface area contributed by atoms with Crippen LogP contribution in [0, 0.1) is 0 Å². The molecule has 2 aliphatic heterocycles. The standard InChI is InChI=1S/C13H17NO2S2/c15-7-11-10-6-14-12(13(11)16)9-18-5-3-1-2-4-17-8-10/h6-7,16H,1-5,8-9H2. The van der Waals surface area contributed by atoms with Crippen LogP contribution in [0.1, 0.15) is 40.9 Å². The first-order chi connectivity index (χ1) is 8.83. The third kappa shape index (κ3) is 3.42. The molecule has 0 atom stereocenters. The van der Waals surface area contributed by atoms with E-state index in [0.717, 1.165) is 29.1 Å². The zero-order valence-electron chi connectivity index (χ0n) is 10.2. The molecule has 2 bridgehead atoms. The van der Waals surface area contributed by atoms with Gasteiger partial charge >= 0.3 is 0 Å². The predicted octanol–water partition coefficient (Wildman–Crippen LogP) is 3.25. The van der Waals surface area contributed by atoms with Gasteiger partial charge < -0.3 is 5.11 Å². The number of rotatable bonds is 1. The van der Waals surface area contributed by atoms with Gasteiger partial charge in [-0.25, -0.2) is 0 Å². The molecule has 98 valence electrons. The van der Waals surface area contributed by atoms with Crippen molar-refractivity contribution in [1.29, 1.82) is 0 Å². The minimum Gasteiger partial charge on any atom is -0.505 e. The van der Waals surface area contributed by atoms with Crippen molar-refractivity contribution in [3.63, 3.8) is 0 Å². The fraction of sp³-hybridized carbons (Fsp3) is 0.538.